The van der Waals surface area contributed by atoms with Crippen LogP contribution >= 0.6 is 0 Å². The van der Waals surface area contributed by atoms with E-state index in [1.165, 1.54) is 6.26 Å². The van der Waals surface area contributed by atoms with E-state index in [9.17, 15) is 9.90 Å². The highest BCUT2D eigenvalue weighted by Crippen LogP contribution is 2.28. The normalized spacial score (nSPS) is 13.1. The van der Waals surface area contributed by atoms with Crippen LogP contribution in [0.2, 0.25) is 0 Å². The zero-order chi connectivity index (χ0) is 24.6. The number of carbonyl (C=O) groups is 1. The molecule has 2 rings (SSSR count). The van der Waals surface area contributed by atoms with E-state index in [0.29, 0.717) is 24.7 Å². The van der Waals surface area contributed by atoms with E-state index in [2.05, 4.69) is 24.2 Å². The summed E-state index contributed by atoms with van der Waals surface area (Å²) in [7, 11) is 0. The minimum absolute atomic E-state index is 0.0627. The van der Waals surface area contributed by atoms with Crippen molar-refractivity contribution in [2.24, 2.45) is 0 Å². The molecule has 1 unspecified atom stereocenters. The number of allylic oxidation sites excluding steroid dienone is 3. The third-order valence-corrected chi connectivity index (χ3v) is 4.93. The van der Waals surface area contributed by atoms with Gasteiger partial charge in [-0.25, -0.2) is 0 Å². The minimum atomic E-state index is -0.893. The van der Waals surface area contributed by atoms with Crippen molar-refractivity contribution in [3.05, 3.63) is 83.0 Å². The van der Waals surface area contributed by atoms with Gasteiger partial charge in [0.15, 0.2) is 0 Å². The summed E-state index contributed by atoms with van der Waals surface area (Å²) in [5, 5.41) is 13.1. The maximum Gasteiger partial charge on any atom is 0.304 e. The summed E-state index contributed by atoms with van der Waals surface area (Å²) in [6, 6.07) is 9.07. The van der Waals surface area contributed by atoms with Crippen LogP contribution in [-0.2, 0) is 9.53 Å². The van der Waals surface area contributed by atoms with Crippen LogP contribution in [0, 0.1) is 0 Å². The predicted molar refractivity (Wildman–Crippen MR) is 131 cm³/mol. The Morgan fingerprint density at radius 3 is 2.39 bits per heavy atom. The van der Waals surface area contributed by atoms with Crippen molar-refractivity contribution < 1.29 is 23.9 Å². The van der Waals surface area contributed by atoms with Crippen LogP contribution in [0.5, 0.6) is 5.75 Å². The van der Waals surface area contributed by atoms with E-state index < -0.39 is 5.97 Å². The molecule has 2 aromatic rings. The highest BCUT2D eigenvalue weighted by atomic mass is 16.5. The van der Waals surface area contributed by atoms with Gasteiger partial charge in [0.05, 0.1) is 17.9 Å². The van der Waals surface area contributed by atoms with E-state index in [-0.39, 0.29) is 12.3 Å². The molecule has 33 heavy (non-hydrogen) atoms. The fraction of sp³-hybridized carbons (Fsp3) is 0.407. The number of hydrogen-bond donors (Lipinski definition) is 1. The maximum atomic E-state index is 11.2. The first kappa shape index (κ1) is 27.8. The molecule has 180 valence electrons. The number of hydrogen-bond acceptors (Lipinski definition) is 5. The van der Waals surface area contributed by atoms with Gasteiger partial charge >= 0.3 is 5.97 Å². The Morgan fingerprint density at radius 1 is 1.15 bits per heavy atom. The van der Waals surface area contributed by atoms with Gasteiger partial charge in [0.1, 0.15) is 25.2 Å². The van der Waals surface area contributed by atoms with Crippen LogP contribution in [0.15, 0.2) is 76.3 Å². The lowest BCUT2D eigenvalue weighted by Gasteiger charge is -2.14. The molecule has 0 aliphatic heterocycles. The summed E-state index contributed by atoms with van der Waals surface area (Å²) in [6.45, 7) is 13.0. The molecule has 1 atom stereocenters. The first-order valence-corrected chi connectivity index (χ1v) is 11.4. The number of aromatic nitrogens is 1. The fourth-order valence-electron chi connectivity index (χ4n) is 2.87. The van der Waals surface area contributed by atoms with Crippen molar-refractivity contribution in [2.75, 3.05) is 13.2 Å². The summed E-state index contributed by atoms with van der Waals surface area (Å²) in [6.07, 6.45) is 8.61. The number of rotatable bonds is 12. The van der Waals surface area contributed by atoms with E-state index in [4.69, 9.17) is 14.0 Å². The van der Waals surface area contributed by atoms with Crippen LogP contribution < -0.4 is 4.74 Å². The maximum absolute atomic E-state index is 11.2. The Balaban J connectivity index is 0.00000265. The number of benzene rings is 1. The van der Waals surface area contributed by atoms with Crippen molar-refractivity contribution >= 4 is 5.97 Å². The van der Waals surface area contributed by atoms with Gasteiger partial charge in [0, 0.05) is 17.6 Å². The summed E-state index contributed by atoms with van der Waals surface area (Å²) in [5.74, 6) is 0.277. The lowest BCUT2D eigenvalue weighted by atomic mass is 9.92. The third kappa shape index (κ3) is 9.81. The molecule has 1 aromatic carbocycles. The Hall–Kier alpha value is -3.28. The largest absolute Gasteiger partial charge is 0.493 e. The second-order valence-electron chi connectivity index (χ2n) is 7.23. The Labute approximate surface area is 197 Å². The van der Waals surface area contributed by atoms with Crippen LogP contribution in [0.1, 0.15) is 71.6 Å². The van der Waals surface area contributed by atoms with Gasteiger partial charge in [-0.05, 0) is 50.5 Å². The summed E-state index contributed by atoms with van der Waals surface area (Å²) in [5.41, 5.74) is 3.57. The number of nitrogens with zero attached hydrogens (tertiary/aromatic N) is 1. The van der Waals surface area contributed by atoms with Gasteiger partial charge in [-0.3, -0.25) is 4.79 Å². The summed E-state index contributed by atoms with van der Waals surface area (Å²) >= 11 is 0. The zero-order valence-electron chi connectivity index (χ0n) is 20.6. The molecule has 6 nitrogen and oxygen atoms in total. The molecule has 1 N–H and O–H groups in total. The van der Waals surface area contributed by atoms with Crippen molar-refractivity contribution in [3.8, 4) is 5.75 Å². The highest BCUT2D eigenvalue weighted by Gasteiger charge is 2.20. The topological polar surface area (TPSA) is 81.8 Å². The van der Waals surface area contributed by atoms with Gasteiger partial charge in [-0.1, -0.05) is 56.3 Å². The number of aliphatic carboxylic acids is 1. The molecule has 1 heterocycles. The third-order valence-electron chi connectivity index (χ3n) is 4.93. The van der Waals surface area contributed by atoms with E-state index in [1.807, 2.05) is 65.0 Å². The Kier molecular flexibility index (Phi) is 13.0. The Morgan fingerprint density at radius 2 is 1.85 bits per heavy atom. The molecule has 1 aromatic heterocycles. The molecule has 0 saturated heterocycles. The minimum Gasteiger partial charge on any atom is -0.493 e. The number of ether oxygens (including phenoxy) is 2. The van der Waals surface area contributed by atoms with Gasteiger partial charge in [-0.15, -0.1) is 0 Å². The molecule has 0 bridgehead atoms. The number of carboxylic acid groups (broad SMARTS) is 1. The van der Waals surface area contributed by atoms with Gasteiger partial charge in [0.25, 0.3) is 0 Å². The molecular weight excluding hydrogens is 418 g/mol. The molecular formula is C27H37NO5. The van der Waals surface area contributed by atoms with Crippen molar-refractivity contribution in [3.63, 3.8) is 0 Å². The monoisotopic (exact) mass is 455 g/mol. The first-order chi connectivity index (χ1) is 15.9. The smallest absolute Gasteiger partial charge is 0.304 e. The average Bonchev–Trinajstić information content (AvgIpc) is 3.37. The number of carboxylic acids is 1. The molecule has 0 spiro atoms. The molecule has 0 saturated carbocycles. The molecule has 0 fully saturated rings. The van der Waals surface area contributed by atoms with Gasteiger partial charge in [-0.2, -0.15) is 0 Å². The quantitative estimate of drug-likeness (QED) is 0.277. The average molecular weight is 456 g/mol. The zero-order valence-corrected chi connectivity index (χ0v) is 20.6. The molecule has 0 aliphatic rings. The van der Waals surface area contributed by atoms with Crippen molar-refractivity contribution in [2.45, 2.75) is 60.3 Å². The predicted octanol–water partition coefficient (Wildman–Crippen LogP) is 6.91. The second kappa shape index (κ2) is 15.5. The van der Waals surface area contributed by atoms with E-state index >= 15 is 0 Å². The molecule has 6 heteroatoms. The van der Waals surface area contributed by atoms with Crippen LogP contribution in [0.3, 0.4) is 0 Å². The van der Waals surface area contributed by atoms with Crippen molar-refractivity contribution in [1.29, 1.82) is 0 Å². The molecule has 0 radical (unpaired) electrons. The summed E-state index contributed by atoms with van der Waals surface area (Å²) < 4.78 is 16.6. The second-order valence-corrected chi connectivity index (χ2v) is 7.23. The van der Waals surface area contributed by atoms with Gasteiger partial charge in [0.2, 0.25) is 0 Å². The standard InChI is InChI=1S/C25H31NO5.C2H6/c1-5-7-8-20(6-2)17-29-19(4)18(3)16-30-22-11-9-21(10-12-22)23(15-25(27)28)24-13-14-31-26-24;1-2/h6-14,23H,5,15-17H2,1-4H3,(H,27,28);1-2H3/b8-7-,19-18+,20-6+;. The SMILES string of the molecule is C/C=C(\C=C/CC)CO/C(C)=C(\C)COc1ccc(C(CC(=O)O)c2ccon2)cc1.CC. The van der Waals surface area contributed by atoms with Crippen LogP contribution in [0.4, 0.5) is 0 Å². The van der Waals surface area contributed by atoms with E-state index in [1.54, 1.807) is 6.07 Å². The first-order valence-electron chi connectivity index (χ1n) is 11.4. The fourth-order valence-corrected chi connectivity index (χ4v) is 2.87. The van der Waals surface area contributed by atoms with Crippen LogP contribution in [0.25, 0.3) is 0 Å². The highest BCUT2D eigenvalue weighted by molar-refractivity contribution is 5.68. The lowest BCUT2D eigenvalue weighted by Crippen LogP contribution is -2.08. The van der Waals surface area contributed by atoms with E-state index in [0.717, 1.165) is 28.9 Å². The van der Waals surface area contributed by atoms with Crippen LogP contribution in [-0.4, -0.2) is 29.4 Å². The molecule has 0 aliphatic carbocycles. The summed E-state index contributed by atoms with van der Waals surface area (Å²) in [4.78, 5) is 11.2. The van der Waals surface area contributed by atoms with Crippen molar-refractivity contribution in [1.82, 2.24) is 5.16 Å². The Bertz CT molecular complexity index is 908. The molecule has 0 amide bonds. The lowest BCUT2D eigenvalue weighted by molar-refractivity contribution is -0.137. The van der Waals surface area contributed by atoms with Gasteiger partial charge < -0.3 is 19.1 Å².